The molecule has 0 N–H and O–H groups in total. The first-order chi connectivity index (χ1) is 17.4. The lowest BCUT2D eigenvalue weighted by molar-refractivity contribution is 0.0189. The fourth-order valence-electron chi connectivity index (χ4n) is 5.48. The van der Waals surface area contributed by atoms with Crippen LogP contribution in [0.4, 0.5) is 13.2 Å². The van der Waals surface area contributed by atoms with Crippen LogP contribution in [0.15, 0.2) is 43.0 Å². The minimum absolute atomic E-state index is 0.00587. The van der Waals surface area contributed by atoms with Crippen molar-refractivity contribution in [3.05, 3.63) is 77.1 Å². The van der Waals surface area contributed by atoms with Crippen LogP contribution in [0.2, 0.25) is 0 Å². The Kier molecular flexibility index (Phi) is 8.76. The molecular formula is C30H35F3O3. The molecule has 2 aliphatic carbocycles. The van der Waals surface area contributed by atoms with Crippen LogP contribution >= 0.6 is 0 Å². The highest BCUT2D eigenvalue weighted by atomic mass is 19.2. The van der Waals surface area contributed by atoms with Crippen molar-refractivity contribution >= 4 is 5.97 Å². The number of hydrogen-bond acceptors (Lipinski definition) is 3. The summed E-state index contributed by atoms with van der Waals surface area (Å²) in [4.78, 5) is 12.7. The maximum absolute atomic E-state index is 14.8. The third kappa shape index (κ3) is 6.13. The lowest BCUT2D eigenvalue weighted by Crippen LogP contribution is -2.25. The molecule has 0 heterocycles. The molecule has 6 heteroatoms. The molecular weight excluding hydrogens is 465 g/mol. The molecule has 0 bridgehead atoms. The Balaban J connectivity index is 1.32. The van der Waals surface area contributed by atoms with Crippen LogP contribution in [0, 0.1) is 23.4 Å². The van der Waals surface area contributed by atoms with Gasteiger partial charge in [0, 0.05) is 0 Å². The third-order valence-electron chi connectivity index (χ3n) is 7.74. The van der Waals surface area contributed by atoms with Gasteiger partial charge in [0.05, 0.1) is 12.2 Å². The Morgan fingerprint density at radius 1 is 0.944 bits per heavy atom. The average molecular weight is 501 g/mol. The van der Waals surface area contributed by atoms with E-state index in [1.165, 1.54) is 12.1 Å². The summed E-state index contributed by atoms with van der Waals surface area (Å²) in [5.74, 6) is -2.29. The molecule has 0 amide bonds. The minimum Gasteiger partial charge on any atom is -0.490 e. The van der Waals surface area contributed by atoms with Gasteiger partial charge in [0.25, 0.3) is 0 Å². The van der Waals surface area contributed by atoms with E-state index in [1.807, 2.05) is 6.07 Å². The fourth-order valence-corrected chi connectivity index (χ4v) is 5.48. The molecule has 2 aromatic carbocycles. The van der Waals surface area contributed by atoms with Gasteiger partial charge in [0.15, 0.2) is 23.2 Å². The van der Waals surface area contributed by atoms with E-state index in [0.29, 0.717) is 50.2 Å². The fraction of sp³-hybridized carbons (Fsp3) is 0.500. The van der Waals surface area contributed by atoms with E-state index < -0.39 is 23.4 Å². The summed E-state index contributed by atoms with van der Waals surface area (Å²) in [5, 5.41) is 0. The smallest absolute Gasteiger partial charge is 0.341 e. The van der Waals surface area contributed by atoms with Crippen molar-refractivity contribution in [3.63, 3.8) is 0 Å². The first-order valence-electron chi connectivity index (χ1n) is 13.1. The van der Waals surface area contributed by atoms with E-state index in [1.54, 1.807) is 18.2 Å². The quantitative estimate of drug-likeness (QED) is 0.208. The van der Waals surface area contributed by atoms with Crippen LogP contribution in [0.5, 0.6) is 5.75 Å². The summed E-state index contributed by atoms with van der Waals surface area (Å²) < 4.78 is 55.1. The number of carbonyl (C=O) groups is 1. The molecule has 2 saturated carbocycles. The van der Waals surface area contributed by atoms with Gasteiger partial charge < -0.3 is 9.47 Å². The van der Waals surface area contributed by atoms with Crippen molar-refractivity contribution in [1.29, 1.82) is 0 Å². The number of ether oxygens (including phenoxy) is 2. The molecule has 0 saturated heterocycles. The molecule has 0 spiro atoms. The van der Waals surface area contributed by atoms with Crippen LogP contribution in [-0.4, -0.2) is 18.7 Å². The molecule has 0 atom stereocenters. The first kappa shape index (κ1) is 26.3. The molecule has 2 aliphatic rings. The van der Waals surface area contributed by atoms with E-state index in [4.69, 9.17) is 9.47 Å². The van der Waals surface area contributed by atoms with E-state index in [-0.39, 0.29) is 29.3 Å². The molecule has 4 rings (SSSR count). The summed E-state index contributed by atoms with van der Waals surface area (Å²) in [6.07, 6.45) is 8.24. The van der Waals surface area contributed by atoms with Crippen molar-refractivity contribution in [2.24, 2.45) is 5.92 Å². The number of esters is 1. The zero-order valence-electron chi connectivity index (χ0n) is 20.9. The van der Waals surface area contributed by atoms with E-state index in [9.17, 15) is 18.0 Å². The Labute approximate surface area is 211 Å². The molecule has 2 aromatic rings. The molecule has 0 unspecified atom stereocenters. The highest BCUT2D eigenvalue weighted by molar-refractivity contribution is 5.90. The largest absolute Gasteiger partial charge is 0.490 e. The molecule has 3 nitrogen and oxygen atoms in total. The molecule has 194 valence electrons. The predicted octanol–water partition coefficient (Wildman–Crippen LogP) is 8.24. The maximum atomic E-state index is 14.8. The summed E-state index contributed by atoms with van der Waals surface area (Å²) in [6, 6.07) is 7.94. The van der Waals surface area contributed by atoms with Gasteiger partial charge in [0.2, 0.25) is 0 Å². The number of hydrogen-bond donors (Lipinski definition) is 0. The van der Waals surface area contributed by atoms with Crippen LogP contribution < -0.4 is 4.74 Å². The van der Waals surface area contributed by atoms with E-state index in [0.717, 1.165) is 31.2 Å². The van der Waals surface area contributed by atoms with Gasteiger partial charge in [-0.25, -0.2) is 18.0 Å². The van der Waals surface area contributed by atoms with Crippen LogP contribution in [0.3, 0.4) is 0 Å². The average Bonchev–Trinajstić information content (AvgIpc) is 2.88. The second-order valence-corrected chi connectivity index (χ2v) is 10.3. The Morgan fingerprint density at radius 3 is 2.31 bits per heavy atom. The number of halogens is 3. The SMILES string of the molecule is C=CCCOc1ccc(C2CCC(OC(=O)c3ccc(C4CCC(C)CC4)c(F)c3F)CC2)cc1F. The van der Waals surface area contributed by atoms with Gasteiger partial charge in [-0.15, -0.1) is 6.58 Å². The highest BCUT2D eigenvalue weighted by Crippen LogP contribution is 2.38. The van der Waals surface area contributed by atoms with Crippen LogP contribution in [-0.2, 0) is 4.74 Å². The molecule has 0 aliphatic heterocycles. The Bertz CT molecular complexity index is 1070. The predicted molar refractivity (Wildman–Crippen MR) is 134 cm³/mol. The van der Waals surface area contributed by atoms with Gasteiger partial charge >= 0.3 is 5.97 Å². The summed E-state index contributed by atoms with van der Waals surface area (Å²) in [6.45, 7) is 6.18. The van der Waals surface area contributed by atoms with Crippen molar-refractivity contribution in [3.8, 4) is 5.75 Å². The van der Waals surface area contributed by atoms with Crippen LogP contribution in [0.1, 0.15) is 98.0 Å². The van der Waals surface area contributed by atoms with E-state index in [2.05, 4.69) is 13.5 Å². The maximum Gasteiger partial charge on any atom is 0.341 e. The van der Waals surface area contributed by atoms with Gasteiger partial charge in [-0.2, -0.15) is 0 Å². The highest BCUT2D eigenvalue weighted by Gasteiger charge is 2.29. The second-order valence-electron chi connectivity index (χ2n) is 10.3. The standard InChI is InChI=1S/C30H35F3O3/c1-3-4-17-35-27-16-11-22(18-26(27)31)20-9-12-23(13-10-20)36-30(34)25-15-14-24(28(32)29(25)33)21-7-5-19(2)6-8-21/h3,11,14-16,18-21,23H,1,4-10,12-13,17H2,2H3. The minimum atomic E-state index is -1.12. The Hall–Kier alpha value is -2.76. The molecule has 0 aromatic heterocycles. The van der Waals surface area contributed by atoms with Crippen molar-refractivity contribution in [2.45, 2.75) is 82.7 Å². The van der Waals surface area contributed by atoms with Crippen molar-refractivity contribution < 1.29 is 27.4 Å². The van der Waals surface area contributed by atoms with Crippen molar-refractivity contribution in [1.82, 2.24) is 0 Å². The lowest BCUT2D eigenvalue weighted by Gasteiger charge is -2.29. The van der Waals surface area contributed by atoms with E-state index >= 15 is 0 Å². The zero-order chi connectivity index (χ0) is 25.7. The molecule has 36 heavy (non-hydrogen) atoms. The number of rotatable bonds is 8. The molecule has 2 fully saturated rings. The zero-order valence-corrected chi connectivity index (χ0v) is 20.9. The lowest BCUT2D eigenvalue weighted by atomic mass is 9.79. The first-order valence-corrected chi connectivity index (χ1v) is 13.1. The van der Waals surface area contributed by atoms with Gasteiger partial charge in [-0.05, 0) is 92.0 Å². The number of benzene rings is 2. The topological polar surface area (TPSA) is 35.5 Å². The van der Waals surface area contributed by atoms with Gasteiger partial charge in [-0.3, -0.25) is 0 Å². The third-order valence-corrected chi connectivity index (χ3v) is 7.74. The summed E-state index contributed by atoms with van der Waals surface area (Å²) in [7, 11) is 0. The normalized spacial score (nSPS) is 24.2. The summed E-state index contributed by atoms with van der Waals surface area (Å²) in [5.41, 5.74) is 0.895. The number of carbonyl (C=O) groups excluding carboxylic acids is 1. The second kappa shape index (κ2) is 12.0. The van der Waals surface area contributed by atoms with Crippen LogP contribution in [0.25, 0.3) is 0 Å². The van der Waals surface area contributed by atoms with Crippen molar-refractivity contribution in [2.75, 3.05) is 6.61 Å². The molecule has 0 radical (unpaired) electrons. The monoisotopic (exact) mass is 500 g/mol. The summed E-state index contributed by atoms with van der Waals surface area (Å²) >= 11 is 0. The Morgan fingerprint density at radius 2 is 1.64 bits per heavy atom. The van der Waals surface area contributed by atoms with Gasteiger partial charge in [0.1, 0.15) is 6.10 Å². The van der Waals surface area contributed by atoms with Gasteiger partial charge in [-0.1, -0.05) is 38.0 Å².